The highest BCUT2D eigenvalue weighted by Crippen LogP contribution is 2.26. The molecule has 0 saturated carbocycles. The number of carbonyl (C=O) groups is 3. The van der Waals surface area contributed by atoms with Crippen LogP contribution in [0.4, 0.5) is 15.8 Å². The summed E-state index contributed by atoms with van der Waals surface area (Å²) in [4.78, 5) is 39.0. The molecule has 0 spiro atoms. The molecule has 0 aliphatic rings. The zero-order chi connectivity index (χ0) is 26.9. The Morgan fingerprint density at radius 1 is 0.842 bits per heavy atom. The molecule has 3 N–H and O–H groups in total. The first-order chi connectivity index (χ1) is 18.4. The molecule has 1 aromatic heterocycles. The molecule has 0 aliphatic carbocycles. The molecule has 3 aromatic carbocycles. The van der Waals surface area contributed by atoms with E-state index in [-0.39, 0.29) is 17.4 Å². The van der Waals surface area contributed by atoms with Crippen LogP contribution in [0.25, 0.3) is 6.08 Å². The summed E-state index contributed by atoms with van der Waals surface area (Å²) in [6, 6.07) is 24.4. The van der Waals surface area contributed by atoms with Crippen LogP contribution in [0.1, 0.15) is 23.0 Å². The van der Waals surface area contributed by atoms with Gasteiger partial charge in [-0.25, -0.2) is 4.39 Å². The Kier molecular flexibility index (Phi) is 8.73. The molecule has 4 aromatic rings. The van der Waals surface area contributed by atoms with Gasteiger partial charge in [0.2, 0.25) is 5.91 Å². The number of halogens is 1. The first kappa shape index (κ1) is 26.4. The molecule has 0 fully saturated rings. The second kappa shape index (κ2) is 12.6. The molecular weight excluding hydrogens is 505 g/mol. The van der Waals surface area contributed by atoms with Gasteiger partial charge in [0.1, 0.15) is 17.3 Å². The third-order valence-electron chi connectivity index (χ3n) is 5.26. The molecule has 0 bridgehead atoms. The standard InChI is InChI=1S/C29H24FN3O4S/c1-19(27(34)31-22-11-9-21(30)10-12-22)38-25-15-13-23(14-16-25)32-29(36)26(18-24-8-5-17-37-24)33-28(35)20-6-3-2-4-7-20/h2-19H,1H3,(H,31,34)(H,32,36)(H,33,35)/b26-18-. The van der Waals surface area contributed by atoms with E-state index in [1.54, 1.807) is 73.7 Å². The molecule has 38 heavy (non-hydrogen) atoms. The van der Waals surface area contributed by atoms with Crippen molar-refractivity contribution >= 4 is 46.9 Å². The van der Waals surface area contributed by atoms with Gasteiger partial charge < -0.3 is 20.4 Å². The molecule has 1 unspecified atom stereocenters. The van der Waals surface area contributed by atoms with E-state index in [2.05, 4.69) is 16.0 Å². The van der Waals surface area contributed by atoms with Crippen molar-refractivity contribution in [2.75, 3.05) is 10.6 Å². The lowest BCUT2D eigenvalue weighted by molar-refractivity contribution is -0.115. The Labute approximate surface area is 223 Å². The number of anilines is 2. The van der Waals surface area contributed by atoms with E-state index in [1.807, 2.05) is 0 Å². The molecule has 1 heterocycles. The van der Waals surface area contributed by atoms with Crippen LogP contribution in [0.5, 0.6) is 0 Å². The van der Waals surface area contributed by atoms with E-state index >= 15 is 0 Å². The van der Waals surface area contributed by atoms with Crippen molar-refractivity contribution in [3.8, 4) is 0 Å². The molecular formula is C29H24FN3O4S. The van der Waals surface area contributed by atoms with E-state index < -0.39 is 17.1 Å². The summed E-state index contributed by atoms with van der Waals surface area (Å²) in [5, 5.41) is 7.75. The number of rotatable bonds is 9. The van der Waals surface area contributed by atoms with E-state index in [1.165, 1.54) is 48.4 Å². The summed E-state index contributed by atoms with van der Waals surface area (Å²) < 4.78 is 18.4. The quantitative estimate of drug-likeness (QED) is 0.184. The van der Waals surface area contributed by atoms with Gasteiger partial charge in [0.05, 0.1) is 11.5 Å². The van der Waals surface area contributed by atoms with Gasteiger partial charge in [0, 0.05) is 27.9 Å². The SMILES string of the molecule is CC(Sc1ccc(NC(=O)/C(=C/c2ccco2)NC(=O)c2ccccc2)cc1)C(=O)Nc1ccc(F)cc1. The smallest absolute Gasteiger partial charge is 0.272 e. The van der Waals surface area contributed by atoms with E-state index in [9.17, 15) is 18.8 Å². The van der Waals surface area contributed by atoms with Gasteiger partial charge in [0.25, 0.3) is 11.8 Å². The lowest BCUT2D eigenvalue weighted by atomic mass is 10.2. The number of thioether (sulfide) groups is 1. The minimum absolute atomic E-state index is 0.0124. The van der Waals surface area contributed by atoms with Crippen molar-refractivity contribution in [3.63, 3.8) is 0 Å². The summed E-state index contributed by atoms with van der Waals surface area (Å²) in [5.74, 6) is -1.15. The monoisotopic (exact) mass is 529 g/mol. The Bertz CT molecular complexity index is 1420. The Hall–Kier alpha value is -4.63. The number of furan rings is 1. The number of carbonyl (C=O) groups excluding carboxylic acids is 3. The number of benzene rings is 3. The summed E-state index contributed by atoms with van der Waals surface area (Å²) >= 11 is 1.34. The fourth-order valence-corrected chi connectivity index (χ4v) is 4.18. The topological polar surface area (TPSA) is 100 Å². The van der Waals surface area contributed by atoms with Gasteiger partial charge in [-0.2, -0.15) is 0 Å². The second-order valence-electron chi connectivity index (χ2n) is 8.13. The molecule has 4 rings (SSSR count). The summed E-state index contributed by atoms with van der Waals surface area (Å²) in [6.45, 7) is 1.76. The summed E-state index contributed by atoms with van der Waals surface area (Å²) in [5.41, 5.74) is 1.43. The van der Waals surface area contributed by atoms with Gasteiger partial charge >= 0.3 is 0 Å². The van der Waals surface area contributed by atoms with Crippen molar-refractivity contribution in [3.05, 3.63) is 120 Å². The first-order valence-corrected chi connectivity index (χ1v) is 12.5. The fraction of sp³-hybridized carbons (Fsp3) is 0.0690. The van der Waals surface area contributed by atoms with Crippen LogP contribution in [-0.2, 0) is 9.59 Å². The van der Waals surface area contributed by atoms with Crippen molar-refractivity contribution in [1.29, 1.82) is 0 Å². The third kappa shape index (κ3) is 7.44. The highest BCUT2D eigenvalue weighted by Gasteiger charge is 2.17. The molecule has 0 aliphatic heterocycles. The van der Waals surface area contributed by atoms with Crippen molar-refractivity contribution < 1.29 is 23.2 Å². The largest absolute Gasteiger partial charge is 0.465 e. The molecule has 192 valence electrons. The van der Waals surface area contributed by atoms with Gasteiger partial charge in [0.15, 0.2) is 0 Å². The highest BCUT2D eigenvalue weighted by atomic mass is 32.2. The van der Waals surface area contributed by atoms with Crippen molar-refractivity contribution in [1.82, 2.24) is 5.32 Å². The van der Waals surface area contributed by atoms with Crippen LogP contribution in [0.15, 0.2) is 112 Å². The number of hydrogen-bond acceptors (Lipinski definition) is 5. The lowest BCUT2D eigenvalue weighted by Gasteiger charge is -2.13. The van der Waals surface area contributed by atoms with Crippen LogP contribution in [0.2, 0.25) is 0 Å². The van der Waals surface area contributed by atoms with E-state index in [0.29, 0.717) is 22.7 Å². The predicted molar refractivity (Wildman–Crippen MR) is 146 cm³/mol. The normalized spacial score (nSPS) is 11.9. The molecule has 1 atom stereocenters. The average molecular weight is 530 g/mol. The lowest BCUT2D eigenvalue weighted by Crippen LogP contribution is -2.30. The van der Waals surface area contributed by atoms with Crippen LogP contribution >= 0.6 is 11.8 Å². The summed E-state index contributed by atoms with van der Waals surface area (Å²) in [7, 11) is 0. The number of hydrogen-bond donors (Lipinski definition) is 3. The van der Waals surface area contributed by atoms with Gasteiger partial charge in [-0.3, -0.25) is 14.4 Å². The van der Waals surface area contributed by atoms with Crippen LogP contribution in [-0.4, -0.2) is 23.0 Å². The van der Waals surface area contributed by atoms with Crippen molar-refractivity contribution in [2.24, 2.45) is 0 Å². The highest BCUT2D eigenvalue weighted by molar-refractivity contribution is 8.00. The minimum Gasteiger partial charge on any atom is -0.465 e. The number of amides is 3. The third-order valence-corrected chi connectivity index (χ3v) is 6.38. The molecule has 0 saturated heterocycles. The first-order valence-electron chi connectivity index (χ1n) is 11.6. The number of nitrogens with one attached hydrogen (secondary N) is 3. The van der Waals surface area contributed by atoms with Gasteiger partial charge in [-0.1, -0.05) is 18.2 Å². The maximum Gasteiger partial charge on any atom is 0.272 e. The minimum atomic E-state index is -0.530. The zero-order valence-corrected chi connectivity index (χ0v) is 21.1. The van der Waals surface area contributed by atoms with E-state index in [0.717, 1.165) is 4.90 Å². The average Bonchev–Trinajstić information content (AvgIpc) is 3.44. The Morgan fingerprint density at radius 2 is 1.50 bits per heavy atom. The van der Waals surface area contributed by atoms with E-state index in [4.69, 9.17) is 4.42 Å². The molecule has 3 amide bonds. The predicted octanol–water partition coefficient (Wildman–Crippen LogP) is 5.95. The second-order valence-corrected chi connectivity index (χ2v) is 9.54. The maximum absolute atomic E-state index is 13.1. The molecule has 7 nitrogen and oxygen atoms in total. The van der Waals surface area contributed by atoms with Crippen molar-refractivity contribution in [2.45, 2.75) is 17.1 Å². The van der Waals surface area contributed by atoms with Gasteiger partial charge in [-0.05, 0) is 79.7 Å². The fourth-order valence-electron chi connectivity index (χ4n) is 3.31. The van der Waals surface area contributed by atoms with Gasteiger partial charge in [-0.15, -0.1) is 11.8 Å². The molecule has 0 radical (unpaired) electrons. The summed E-state index contributed by atoms with van der Waals surface area (Å²) in [6.07, 6.45) is 2.92. The molecule has 9 heteroatoms. The van der Waals surface area contributed by atoms with Crippen LogP contribution < -0.4 is 16.0 Å². The Morgan fingerprint density at radius 3 is 2.16 bits per heavy atom. The zero-order valence-electron chi connectivity index (χ0n) is 20.3. The Balaban J connectivity index is 1.39. The maximum atomic E-state index is 13.1. The van der Waals surface area contributed by atoms with Crippen LogP contribution in [0, 0.1) is 5.82 Å². The van der Waals surface area contributed by atoms with Crippen LogP contribution in [0.3, 0.4) is 0 Å².